The highest BCUT2D eigenvalue weighted by molar-refractivity contribution is 5.94. The number of benzene rings is 1. The first-order valence-corrected chi connectivity index (χ1v) is 8.49. The first kappa shape index (κ1) is 17.5. The number of carbonyl (C=O) groups is 2. The molecule has 2 amide bonds. The second-order valence-corrected chi connectivity index (χ2v) is 6.12. The molecule has 1 atom stereocenters. The minimum Gasteiger partial charge on any atom is -0.355 e. The van der Waals surface area contributed by atoms with E-state index in [1.807, 2.05) is 44.2 Å². The van der Waals surface area contributed by atoms with Gasteiger partial charge in [0, 0.05) is 31.2 Å². The minimum atomic E-state index is -0.104. The number of rotatable bonds is 6. The number of likely N-dealkylation sites (tertiary alicyclic amines) is 1. The van der Waals surface area contributed by atoms with Crippen LogP contribution < -0.4 is 10.6 Å². The molecule has 1 fully saturated rings. The Labute approximate surface area is 138 Å². The van der Waals surface area contributed by atoms with Crippen molar-refractivity contribution in [2.45, 2.75) is 45.2 Å². The summed E-state index contributed by atoms with van der Waals surface area (Å²) in [5, 5.41) is 6.04. The van der Waals surface area contributed by atoms with E-state index in [4.69, 9.17) is 0 Å². The molecule has 1 aromatic rings. The Morgan fingerprint density at radius 3 is 2.48 bits per heavy atom. The Bertz CT molecular complexity index is 510. The standard InChI is InChI=1S/C18H27N3O2/c1-3-11-19-17(22)14(2)21-12-9-16(10-13-21)20-18(23)15-7-5-4-6-8-15/h4-8,14,16H,3,9-13H2,1-2H3,(H,19,22)(H,20,23). The Kier molecular flexibility index (Phi) is 6.59. The molecule has 5 nitrogen and oxygen atoms in total. The Balaban J connectivity index is 1.77. The molecule has 1 aliphatic rings. The van der Waals surface area contributed by atoms with Crippen LogP contribution in [0.4, 0.5) is 0 Å². The Hall–Kier alpha value is -1.88. The van der Waals surface area contributed by atoms with Crippen LogP contribution >= 0.6 is 0 Å². The number of hydrogen-bond donors (Lipinski definition) is 2. The maximum absolute atomic E-state index is 12.2. The van der Waals surface area contributed by atoms with Crippen molar-refractivity contribution < 1.29 is 9.59 Å². The molecule has 0 saturated carbocycles. The molecule has 0 radical (unpaired) electrons. The molecule has 5 heteroatoms. The molecule has 0 bridgehead atoms. The van der Waals surface area contributed by atoms with Gasteiger partial charge in [-0.1, -0.05) is 25.1 Å². The van der Waals surface area contributed by atoms with Crippen molar-refractivity contribution in [1.82, 2.24) is 15.5 Å². The minimum absolute atomic E-state index is 0.0159. The summed E-state index contributed by atoms with van der Waals surface area (Å²) in [4.78, 5) is 26.4. The average Bonchev–Trinajstić information content (AvgIpc) is 2.60. The van der Waals surface area contributed by atoms with E-state index < -0.39 is 0 Å². The fraction of sp³-hybridized carbons (Fsp3) is 0.556. The molecule has 0 aromatic heterocycles. The van der Waals surface area contributed by atoms with Crippen molar-refractivity contribution in [3.63, 3.8) is 0 Å². The van der Waals surface area contributed by atoms with Crippen LogP contribution in [-0.2, 0) is 4.79 Å². The predicted molar refractivity (Wildman–Crippen MR) is 91.3 cm³/mol. The van der Waals surface area contributed by atoms with Crippen molar-refractivity contribution in [3.8, 4) is 0 Å². The molecule has 1 saturated heterocycles. The molecule has 0 aliphatic carbocycles. The number of carbonyl (C=O) groups excluding carboxylic acids is 2. The van der Waals surface area contributed by atoms with E-state index >= 15 is 0 Å². The topological polar surface area (TPSA) is 61.4 Å². The Morgan fingerprint density at radius 2 is 1.87 bits per heavy atom. The monoisotopic (exact) mass is 317 g/mol. The molecule has 1 aliphatic heterocycles. The van der Waals surface area contributed by atoms with E-state index in [-0.39, 0.29) is 23.9 Å². The van der Waals surface area contributed by atoms with Crippen LogP contribution in [0.2, 0.25) is 0 Å². The van der Waals surface area contributed by atoms with Crippen LogP contribution in [0.25, 0.3) is 0 Å². The number of piperidine rings is 1. The van der Waals surface area contributed by atoms with Crippen molar-refractivity contribution in [1.29, 1.82) is 0 Å². The third-order valence-electron chi connectivity index (χ3n) is 4.38. The Morgan fingerprint density at radius 1 is 1.22 bits per heavy atom. The van der Waals surface area contributed by atoms with Gasteiger partial charge in [0.25, 0.3) is 5.91 Å². The SMILES string of the molecule is CCCNC(=O)C(C)N1CCC(NC(=O)c2ccccc2)CC1. The highest BCUT2D eigenvalue weighted by Gasteiger charge is 2.27. The molecule has 2 N–H and O–H groups in total. The zero-order valence-corrected chi connectivity index (χ0v) is 14.0. The highest BCUT2D eigenvalue weighted by Crippen LogP contribution is 2.14. The summed E-state index contributed by atoms with van der Waals surface area (Å²) in [7, 11) is 0. The van der Waals surface area contributed by atoms with Crippen LogP contribution in [0.5, 0.6) is 0 Å². The molecule has 2 rings (SSSR count). The second kappa shape index (κ2) is 8.67. The molecule has 1 aromatic carbocycles. The average molecular weight is 317 g/mol. The van der Waals surface area contributed by atoms with Crippen LogP contribution in [0.1, 0.15) is 43.5 Å². The number of amides is 2. The first-order valence-electron chi connectivity index (χ1n) is 8.49. The van der Waals surface area contributed by atoms with Gasteiger partial charge in [-0.05, 0) is 38.3 Å². The number of nitrogens with one attached hydrogen (secondary N) is 2. The van der Waals surface area contributed by atoms with Gasteiger partial charge < -0.3 is 10.6 Å². The highest BCUT2D eigenvalue weighted by atomic mass is 16.2. The van der Waals surface area contributed by atoms with Crippen molar-refractivity contribution >= 4 is 11.8 Å². The van der Waals surface area contributed by atoms with Crippen LogP contribution in [0.15, 0.2) is 30.3 Å². The third-order valence-corrected chi connectivity index (χ3v) is 4.38. The van der Waals surface area contributed by atoms with Gasteiger partial charge in [-0.15, -0.1) is 0 Å². The molecular weight excluding hydrogens is 290 g/mol. The van der Waals surface area contributed by atoms with Gasteiger partial charge >= 0.3 is 0 Å². The molecular formula is C18H27N3O2. The lowest BCUT2D eigenvalue weighted by Crippen LogP contribution is -2.51. The molecule has 0 spiro atoms. The predicted octanol–water partition coefficient (Wildman–Crippen LogP) is 1.80. The van der Waals surface area contributed by atoms with Crippen molar-refractivity contribution in [2.75, 3.05) is 19.6 Å². The van der Waals surface area contributed by atoms with Crippen LogP contribution in [-0.4, -0.2) is 48.4 Å². The summed E-state index contributed by atoms with van der Waals surface area (Å²) in [6.45, 7) is 6.40. The number of hydrogen-bond acceptors (Lipinski definition) is 3. The van der Waals surface area contributed by atoms with E-state index in [1.54, 1.807) is 0 Å². The largest absolute Gasteiger partial charge is 0.355 e. The zero-order valence-electron chi connectivity index (χ0n) is 14.0. The normalized spacial score (nSPS) is 17.5. The fourth-order valence-electron chi connectivity index (χ4n) is 2.85. The summed E-state index contributed by atoms with van der Waals surface area (Å²) in [6.07, 6.45) is 2.71. The van der Waals surface area contributed by atoms with Gasteiger partial charge in [0.2, 0.25) is 5.91 Å². The van der Waals surface area contributed by atoms with Crippen LogP contribution in [0, 0.1) is 0 Å². The maximum atomic E-state index is 12.2. The van der Waals surface area contributed by atoms with Gasteiger partial charge in [0.1, 0.15) is 0 Å². The van der Waals surface area contributed by atoms with E-state index in [9.17, 15) is 9.59 Å². The summed E-state index contributed by atoms with van der Waals surface area (Å²) in [5.41, 5.74) is 0.697. The smallest absolute Gasteiger partial charge is 0.251 e. The van der Waals surface area contributed by atoms with Crippen molar-refractivity contribution in [3.05, 3.63) is 35.9 Å². The van der Waals surface area contributed by atoms with E-state index in [1.165, 1.54) is 0 Å². The molecule has 1 heterocycles. The van der Waals surface area contributed by atoms with Gasteiger partial charge in [0.15, 0.2) is 0 Å². The van der Waals surface area contributed by atoms with Crippen molar-refractivity contribution in [2.24, 2.45) is 0 Å². The fourth-order valence-corrected chi connectivity index (χ4v) is 2.85. The van der Waals surface area contributed by atoms with Gasteiger partial charge in [-0.2, -0.15) is 0 Å². The lowest BCUT2D eigenvalue weighted by Gasteiger charge is -2.35. The van der Waals surface area contributed by atoms with Gasteiger partial charge in [-0.25, -0.2) is 0 Å². The first-order chi connectivity index (χ1) is 11.1. The van der Waals surface area contributed by atoms with Crippen LogP contribution in [0.3, 0.4) is 0 Å². The zero-order chi connectivity index (χ0) is 16.7. The van der Waals surface area contributed by atoms with E-state index in [0.29, 0.717) is 5.56 Å². The number of nitrogens with zero attached hydrogens (tertiary/aromatic N) is 1. The lowest BCUT2D eigenvalue weighted by atomic mass is 10.0. The summed E-state index contributed by atoms with van der Waals surface area (Å²) in [5.74, 6) is 0.0800. The third kappa shape index (κ3) is 5.06. The summed E-state index contributed by atoms with van der Waals surface area (Å²) in [6, 6.07) is 9.37. The molecule has 126 valence electrons. The molecule has 23 heavy (non-hydrogen) atoms. The molecule has 1 unspecified atom stereocenters. The lowest BCUT2D eigenvalue weighted by molar-refractivity contribution is -0.126. The summed E-state index contributed by atoms with van der Waals surface area (Å²) >= 11 is 0. The maximum Gasteiger partial charge on any atom is 0.251 e. The van der Waals surface area contributed by atoms with Gasteiger partial charge in [-0.3, -0.25) is 14.5 Å². The van der Waals surface area contributed by atoms with E-state index in [0.717, 1.165) is 38.9 Å². The van der Waals surface area contributed by atoms with Gasteiger partial charge in [0.05, 0.1) is 6.04 Å². The summed E-state index contributed by atoms with van der Waals surface area (Å²) < 4.78 is 0. The van der Waals surface area contributed by atoms with E-state index in [2.05, 4.69) is 15.5 Å². The quantitative estimate of drug-likeness (QED) is 0.841. The second-order valence-electron chi connectivity index (χ2n) is 6.12.